The number of benzene rings is 1. The molecule has 1 aliphatic rings. The van der Waals surface area contributed by atoms with Gasteiger partial charge in [0, 0.05) is 6.20 Å². The van der Waals surface area contributed by atoms with E-state index in [1.54, 1.807) is 0 Å². The second-order valence-corrected chi connectivity index (χ2v) is 3.70. The molecule has 0 radical (unpaired) electrons. The van der Waals surface area contributed by atoms with Crippen LogP contribution < -0.4 is 0 Å². The minimum Gasteiger partial charge on any atom is -0.358 e. The lowest BCUT2D eigenvalue weighted by Crippen LogP contribution is -2.12. The van der Waals surface area contributed by atoms with Gasteiger partial charge in [-0.1, -0.05) is 36.4 Å². The topological polar surface area (TPSA) is 25.4 Å². The van der Waals surface area contributed by atoms with Crippen molar-refractivity contribution in [2.24, 2.45) is 0 Å². The van der Waals surface area contributed by atoms with Crippen molar-refractivity contribution in [3.63, 3.8) is 0 Å². The summed E-state index contributed by atoms with van der Waals surface area (Å²) in [6.07, 6.45) is 1.81. The van der Waals surface area contributed by atoms with Gasteiger partial charge in [0.05, 0.1) is 12.3 Å². The first-order valence-electron chi connectivity index (χ1n) is 5.03. The van der Waals surface area contributed by atoms with E-state index in [-0.39, 0.29) is 5.60 Å². The Morgan fingerprint density at radius 3 is 2.33 bits per heavy atom. The number of nitrogens with zero attached hydrogens (tertiary/aromatic N) is 1. The molecule has 0 N–H and O–H groups in total. The van der Waals surface area contributed by atoms with Gasteiger partial charge < -0.3 is 4.74 Å². The van der Waals surface area contributed by atoms with Crippen LogP contribution in [0.3, 0.4) is 0 Å². The van der Waals surface area contributed by atoms with Crippen LogP contribution >= 0.6 is 0 Å². The average Bonchev–Trinajstić information content (AvgIpc) is 3.13. The Balaban J connectivity index is 2.06. The molecule has 2 aromatic rings. The van der Waals surface area contributed by atoms with E-state index in [0.29, 0.717) is 0 Å². The maximum Gasteiger partial charge on any atom is 0.158 e. The standard InChI is InChI=1S/C13H11NO/c1-2-6-11(7-3-1)13(10-15-13)12-8-4-5-9-14-12/h1-9H,10H2/t13-/m1/s1. The smallest absolute Gasteiger partial charge is 0.158 e. The van der Waals surface area contributed by atoms with Crippen molar-refractivity contribution >= 4 is 0 Å². The molecular formula is C13H11NO. The van der Waals surface area contributed by atoms with Crippen molar-refractivity contribution in [2.45, 2.75) is 5.60 Å². The first-order chi connectivity index (χ1) is 7.42. The van der Waals surface area contributed by atoms with Gasteiger partial charge in [-0.3, -0.25) is 4.98 Å². The monoisotopic (exact) mass is 197 g/mol. The second kappa shape index (κ2) is 3.17. The van der Waals surface area contributed by atoms with Gasteiger partial charge in [0.1, 0.15) is 0 Å². The summed E-state index contributed by atoms with van der Waals surface area (Å²) in [5, 5.41) is 0. The zero-order chi connectivity index (χ0) is 10.1. The van der Waals surface area contributed by atoms with Crippen LogP contribution in [0.25, 0.3) is 0 Å². The number of rotatable bonds is 2. The van der Waals surface area contributed by atoms with Crippen LogP contribution in [0, 0.1) is 0 Å². The van der Waals surface area contributed by atoms with Gasteiger partial charge in [-0.25, -0.2) is 0 Å². The molecule has 1 aromatic carbocycles. The fraction of sp³-hybridized carbons (Fsp3) is 0.154. The summed E-state index contributed by atoms with van der Waals surface area (Å²) >= 11 is 0. The van der Waals surface area contributed by atoms with E-state index in [1.807, 2.05) is 42.6 Å². The van der Waals surface area contributed by atoms with Crippen molar-refractivity contribution in [2.75, 3.05) is 6.61 Å². The summed E-state index contributed by atoms with van der Waals surface area (Å²) in [4.78, 5) is 4.36. The SMILES string of the molecule is c1ccc([C@@]2(c3ccccn3)CO2)cc1. The molecule has 3 rings (SSSR count). The zero-order valence-electron chi connectivity index (χ0n) is 8.26. The second-order valence-electron chi connectivity index (χ2n) is 3.70. The molecular weight excluding hydrogens is 186 g/mol. The highest BCUT2D eigenvalue weighted by atomic mass is 16.6. The highest BCUT2D eigenvalue weighted by Gasteiger charge is 2.49. The fourth-order valence-corrected chi connectivity index (χ4v) is 1.84. The molecule has 0 spiro atoms. The quantitative estimate of drug-likeness (QED) is 0.690. The number of hydrogen-bond acceptors (Lipinski definition) is 2. The first kappa shape index (κ1) is 8.62. The Bertz CT molecular complexity index is 407. The molecule has 1 saturated heterocycles. The predicted molar refractivity (Wildman–Crippen MR) is 57.4 cm³/mol. The molecule has 0 saturated carbocycles. The number of epoxide rings is 1. The van der Waals surface area contributed by atoms with Gasteiger partial charge in [-0.15, -0.1) is 0 Å². The van der Waals surface area contributed by atoms with E-state index in [9.17, 15) is 0 Å². The van der Waals surface area contributed by atoms with E-state index in [4.69, 9.17) is 4.74 Å². The molecule has 0 aliphatic carbocycles. The van der Waals surface area contributed by atoms with Crippen LogP contribution in [0.5, 0.6) is 0 Å². The summed E-state index contributed by atoms with van der Waals surface area (Å²) in [7, 11) is 0. The van der Waals surface area contributed by atoms with Crippen molar-refractivity contribution in [3.05, 3.63) is 66.0 Å². The Morgan fingerprint density at radius 2 is 1.73 bits per heavy atom. The van der Waals surface area contributed by atoms with Crippen LogP contribution in [0.1, 0.15) is 11.3 Å². The van der Waals surface area contributed by atoms with E-state index in [2.05, 4.69) is 17.1 Å². The van der Waals surface area contributed by atoms with Gasteiger partial charge in [-0.05, 0) is 17.7 Å². The first-order valence-corrected chi connectivity index (χ1v) is 5.03. The molecule has 2 heteroatoms. The number of pyridine rings is 1. The van der Waals surface area contributed by atoms with Crippen molar-refractivity contribution < 1.29 is 4.74 Å². The average molecular weight is 197 g/mol. The highest BCUT2D eigenvalue weighted by molar-refractivity contribution is 5.36. The van der Waals surface area contributed by atoms with Crippen LogP contribution in [-0.4, -0.2) is 11.6 Å². The number of ether oxygens (including phenoxy) is 1. The van der Waals surface area contributed by atoms with Crippen molar-refractivity contribution in [1.82, 2.24) is 4.98 Å². The highest BCUT2D eigenvalue weighted by Crippen LogP contribution is 2.43. The Morgan fingerprint density at radius 1 is 1.00 bits per heavy atom. The Labute approximate surface area is 88.5 Å². The minimum atomic E-state index is -0.275. The van der Waals surface area contributed by atoms with E-state index in [0.717, 1.165) is 12.3 Å². The third kappa shape index (κ3) is 1.34. The lowest BCUT2D eigenvalue weighted by atomic mass is 9.96. The molecule has 1 aromatic heterocycles. The molecule has 0 bridgehead atoms. The molecule has 2 nitrogen and oxygen atoms in total. The van der Waals surface area contributed by atoms with Gasteiger partial charge >= 0.3 is 0 Å². The van der Waals surface area contributed by atoms with Crippen LogP contribution in [0.4, 0.5) is 0 Å². The summed E-state index contributed by atoms with van der Waals surface area (Å²) in [6.45, 7) is 0.730. The number of aromatic nitrogens is 1. The molecule has 2 heterocycles. The lowest BCUT2D eigenvalue weighted by Gasteiger charge is -2.10. The third-order valence-corrected chi connectivity index (χ3v) is 2.75. The summed E-state index contributed by atoms with van der Waals surface area (Å²) in [5.74, 6) is 0. The summed E-state index contributed by atoms with van der Waals surface area (Å²) < 4.78 is 5.61. The van der Waals surface area contributed by atoms with Crippen molar-refractivity contribution in [3.8, 4) is 0 Å². The van der Waals surface area contributed by atoms with Gasteiger partial charge in [0.25, 0.3) is 0 Å². The lowest BCUT2D eigenvalue weighted by molar-refractivity contribution is 0.343. The molecule has 1 atom stereocenters. The van der Waals surface area contributed by atoms with Crippen LogP contribution in [0.15, 0.2) is 54.7 Å². The fourth-order valence-electron chi connectivity index (χ4n) is 1.84. The largest absolute Gasteiger partial charge is 0.358 e. The van der Waals surface area contributed by atoms with E-state index >= 15 is 0 Å². The number of hydrogen-bond donors (Lipinski definition) is 0. The maximum atomic E-state index is 5.61. The van der Waals surface area contributed by atoms with Crippen molar-refractivity contribution in [1.29, 1.82) is 0 Å². The molecule has 0 amide bonds. The normalized spacial score (nSPS) is 23.7. The molecule has 15 heavy (non-hydrogen) atoms. The van der Waals surface area contributed by atoms with Gasteiger partial charge in [-0.2, -0.15) is 0 Å². The predicted octanol–water partition coefficient (Wildman–Crippen LogP) is 2.36. The molecule has 1 fully saturated rings. The molecule has 74 valence electrons. The molecule has 1 aliphatic heterocycles. The Kier molecular flexibility index (Phi) is 1.82. The minimum absolute atomic E-state index is 0.275. The van der Waals surface area contributed by atoms with Gasteiger partial charge in [0.2, 0.25) is 0 Å². The summed E-state index contributed by atoms with van der Waals surface area (Å²) in [5.41, 5.74) is 1.91. The van der Waals surface area contributed by atoms with Gasteiger partial charge in [0.15, 0.2) is 5.60 Å². The van der Waals surface area contributed by atoms with Crippen LogP contribution in [0.2, 0.25) is 0 Å². The Hall–Kier alpha value is -1.67. The van der Waals surface area contributed by atoms with Crippen LogP contribution in [-0.2, 0) is 10.3 Å². The molecule has 0 unspecified atom stereocenters. The third-order valence-electron chi connectivity index (χ3n) is 2.75. The van der Waals surface area contributed by atoms with E-state index < -0.39 is 0 Å². The summed E-state index contributed by atoms with van der Waals surface area (Å²) in [6, 6.07) is 16.2. The maximum absolute atomic E-state index is 5.61. The van der Waals surface area contributed by atoms with E-state index in [1.165, 1.54) is 5.56 Å². The zero-order valence-corrected chi connectivity index (χ0v) is 8.26.